The topological polar surface area (TPSA) is 74.6 Å². The van der Waals surface area contributed by atoms with E-state index in [2.05, 4.69) is 10.2 Å². The zero-order valence-electron chi connectivity index (χ0n) is 16.2. The van der Waals surface area contributed by atoms with Crippen LogP contribution in [0.5, 0.6) is 5.75 Å². The molecule has 0 unspecified atom stereocenters. The number of likely N-dealkylation sites (tertiary alicyclic amines) is 1. The van der Waals surface area contributed by atoms with Crippen LogP contribution in [0.25, 0.3) is 0 Å². The van der Waals surface area contributed by atoms with E-state index in [1.165, 1.54) is 4.57 Å². The van der Waals surface area contributed by atoms with Gasteiger partial charge in [0.15, 0.2) is 0 Å². The Kier molecular flexibility index (Phi) is 5.65. The second kappa shape index (κ2) is 7.96. The second-order valence-corrected chi connectivity index (χ2v) is 7.38. The SMILES string of the molecule is Cc1cc(C(=O)NC2CCN(Cc3cccc(O)c3)CC2)c(=O)n(C)c1C. The molecule has 1 saturated heterocycles. The summed E-state index contributed by atoms with van der Waals surface area (Å²) in [7, 11) is 1.70. The van der Waals surface area contributed by atoms with Crippen LogP contribution in [-0.2, 0) is 13.6 Å². The van der Waals surface area contributed by atoms with Crippen molar-refractivity contribution in [3.8, 4) is 5.75 Å². The van der Waals surface area contributed by atoms with E-state index in [4.69, 9.17) is 0 Å². The predicted octanol–water partition coefficient (Wildman–Crippen LogP) is 2.10. The molecule has 2 heterocycles. The van der Waals surface area contributed by atoms with Gasteiger partial charge in [-0.1, -0.05) is 12.1 Å². The quantitative estimate of drug-likeness (QED) is 0.866. The number of carbonyl (C=O) groups is 1. The van der Waals surface area contributed by atoms with Crippen molar-refractivity contribution < 1.29 is 9.90 Å². The molecule has 1 aliphatic heterocycles. The molecule has 2 N–H and O–H groups in total. The fourth-order valence-corrected chi connectivity index (χ4v) is 3.55. The number of nitrogens with one attached hydrogen (secondary N) is 1. The van der Waals surface area contributed by atoms with Crippen LogP contribution in [0.1, 0.15) is 40.0 Å². The van der Waals surface area contributed by atoms with Gasteiger partial charge in [0.1, 0.15) is 11.3 Å². The van der Waals surface area contributed by atoms with Crippen molar-refractivity contribution in [2.24, 2.45) is 7.05 Å². The lowest BCUT2D eigenvalue weighted by Gasteiger charge is -2.32. The van der Waals surface area contributed by atoms with Crippen LogP contribution in [0.4, 0.5) is 0 Å². The molecule has 0 saturated carbocycles. The van der Waals surface area contributed by atoms with Crippen molar-refractivity contribution in [3.63, 3.8) is 0 Å². The Labute approximate surface area is 159 Å². The molecule has 0 atom stereocenters. The van der Waals surface area contributed by atoms with Crippen LogP contribution in [0, 0.1) is 13.8 Å². The summed E-state index contributed by atoms with van der Waals surface area (Å²) in [6.45, 7) is 6.30. The molecule has 1 fully saturated rings. The Hall–Kier alpha value is -2.60. The molecular weight excluding hydrogens is 342 g/mol. The summed E-state index contributed by atoms with van der Waals surface area (Å²) in [4.78, 5) is 27.3. The number of phenols is 1. The average Bonchev–Trinajstić information content (AvgIpc) is 2.64. The number of hydrogen-bond acceptors (Lipinski definition) is 4. The molecule has 27 heavy (non-hydrogen) atoms. The third-order valence-electron chi connectivity index (χ3n) is 5.45. The number of nitrogens with zero attached hydrogens (tertiary/aromatic N) is 2. The zero-order chi connectivity index (χ0) is 19.6. The van der Waals surface area contributed by atoms with Crippen molar-refractivity contribution in [2.75, 3.05) is 13.1 Å². The molecule has 2 aromatic rings. The maximum Gasteiger partial charge on any atom is 0.263 e. The van der Waals surface area contributed by atoms with Gasteiger partial charge in [0.2, 0.25) is 0 Å². The third kappa shape index (κ3) is 4.39. The smallest absolute Gasteiger partial charge is 0.263 e. The number of benzene rings is 1. The summed E-state index contributed by atoms with van der Waals surface area (Å²) in [5, 5.41) is 12.6. The van der Waals surface area contributed by atoms with Crippen LogP contribution in [0.3, 0.4) is 0 Å². The molecule has 1 aliphatic rings. The molecule has 0 spiro atoms. The fourth-order valence-electron chi connectivity index (χ4n) is 3.55. The third-order valence-corrected chi connectivity index (χ3v) is 5.45. The van der Waals surface area contributed by atoms with Crippen molar-refractivity contribution >= 4 is 5.91 Å². The van der Waals surface area contributed by atoms with Crippen molar-refractivity contribution in [1.82, 2.24) is 14.8 Å². The van der Waals surface area contributed by atoms with Crippen LogP contribution >= 0.6 is 0 Å². The highest BCUT2D eigenvalue weighted by molar-refractivity contribution is 5.94. The van der Waals surface area contributed by atoms with E-state index >= 15 is 0 Å². The summed E-state index contributed by atoms with van der Waals surface area (Å²) in [6, 6.07) is 9.06. The predicted molar refractivity (Wildman–Crippen MR) is 105 cm³/mol. The second-order valence-electron chi connectivity index (χ2n) is 7.38. The Bertz CT molecular complexity index is 896. The highest BCUT2D eigenvalue weighted by atomic mass is 16.3. The first kappa shape index (κ1) is 19.2. The first-order chi connectivity index (χ1) is 12.8. The van der Waals surface area contributed by atoms with E-state index in [1.54, 1.807) is 25.2 Å². The van der Waals surface area contributed by atoms with Crippen molar-refractivity contribution in [3.05, 3.63) is 63.1 Å². The summed E-state index contributed by atoms with van der Waals surface area (Å²) in [5.74, 6) is -0.00486. The van der Waals surface area contributed by atoms with E-state index in [1.807, 2.05) is 26.0 Å². The number of piperidine rings is 1. The lowest BCUT2D eigenvalue weighted by molar-refractivity contribution is 0.0906. The summed E-state index contributed by atoms with van der Waals surface area (Å²) >= 11 is 0. The molecule has 1 aromatic carbocycles. The molecule has 144 valence electrons. The summed E-state index contributed by atoms with van der Waals surface area (Å²) < 4.78 is 1.53. The molecule has 1 aromatic heterocycles. The fraction of sp³-hybridized carbons (Fsp3) is 0.429. The molecule has 0 bridgehead atoms. The van der Waals surface area contributed by atoms with E-state index in [9.17, 15) is 14.7 Å². The van der Waals surface area contributed by atoms with Gasteiger partial charge in [-0.05, 0) is 56.0 Å². The Morgan fingerprint density at radius 3 is 2.59 bits per heavy atom. The number of aryl methyl sites for hydroxylation is 1. The van der Waals surface area contributed by atoms with Crippen molar-refractivity contribution in [2.45, 2.75) is 39.3 Å². The lowest BCUT2D eigenvalue weighted by atomic mass is 10.0. The van der Waals surface area contributed by atoms with Gasteiger partial charge in [-0.25, -0.2) is 0 Å². The highest BCUT2D eigenvalue weighted by Gasteiger charge is 2.23. The Morgan fingerprint density at radius 1 is 1.22 bits per heavy atom. The average molecular weight is 369 g/mol. The standard InChI is InChI=1S/C21H27N3O3/c1-14-11-19(21(27)23(3)15(14)2)20(26)22-17-7-9-24(10-8-17)13-16-5-4-6-18(25)12-16/h4-6,11-12,17,25H,7-10,13H2,1-3H3,(H,22,26). The van der Waals surface area contributed by atoms with Crippen LogP contribution in [0.2, 0.25) is 0 Å². The van der Waals surface area contributed by atoms with Crippen molar-refractivity contribution in [1.29, 1.82) is 0 Å². The minimum atomic E-state index is -0.287. The van der Waals surface area contributed by atoms with Crippen LogP contribution < -0.4 is 10.9 Å². The number of aromatic hydroxyl groups is 1. The summed E-state index contributed by atoms with van der Waals surface area (Å²) in [6.07, 6.45) is 1.69. The summed E-state index contributed by atoms with van der Waals surface area (Å²) in [5.41, 5.74) is 2.84. The molecule has 3 rings (SSSR count). The van der Waals surface area contributed by atoms with Gasteiger partial charge < -0.3 is 15.0 Å². The van der Waals surface area contributed by atoms with Gasteiger partial charge in [-0.2, -0.15) is 0 Å². The van der Waals surface area contributed by atoms with E-state index < -0.39 is 0 Å². The first-order valence-corrected chi connectivity index (χ1v) is 9.33. The molecule has 6 nitrogen and oxygen atoms in total. The van der Waals surface area contributed by atoms with Crippen LogP contribution in [0.15, 0.2) is 35.1 Å². The number of carbonyl (C=O) groups excluding carboxylic acids is 1. The molecule has 1 amide bonds. The number of amides is 1. The number of hydrogen-bond donors (Lipinski definition) is 2. The Balaban J connectivity index is 1.58. The van der Waals surface area contributed by atoms with E-state index in [-0.39, 0.29) is 28.8 Å². The number of aromatic nitrogens is 1. The highest BCUT2D eigenvalue weighted by Crippen LogP contribution is 2.17. The monoisotopic (exact) mass is 369 g/mol. The largest absolute Gasteiger partial charge is 0.508 e. The van der Waals surface area contributed by atoms with Gasteiger partial charge in [0, 0.05) is 38.4 Å². The number of rotatable bonds is 4. The molecule has 0 radical (unpaired) electrons. The van der Waals surface area contributed by atoms with Gasteiger partial charge in [0.25, 0.3) is 11.5 Å². The van der Waals surface area contributed by atoms with E-state index in [0.29, 0.717) is 0 Å². The normalized spacial score (nSPS) is 15.7. The van der Waals surface area contributed by atoms with E-state index in [0.717, 1.165) is 49.3 Å². The zero-order valence-corrected chi connectivity index (χ0v) is 16.2. The minimum Gasteiger partial charge on any atom is -0.508 e. The minimum absolute atomic E-state index is 0.0734. The maximum atomic E-state index is 12.6. The number of pyridine rings is 1. The maximum absolute atomic E-state index is 12.6. The van der Waals surface area contributed by atoms with Crippen LogP contribution in [-0.4, -0.2) is 39.6 Å². The number of phenolic OH excluding ortho intramolecular Hbond substituents is 1. The van der Waals surface area contributed by atoms with Gasteiger partial charge in [-0.3, -0.25) is 14.5 Å². The molecule has 6 heteroatoms. The lowest BCUT2D eigenvalue weighted by Crippen LogP contribution is -2.45. The first-order valence-electron chi connectivity index (χ1n) is 9.33. The van der Waals surface area contributed by atoms with Gasteiger partial charge >= 0.3 is 0 Å². The van der Waals surface area contributed by atoms with Gasteiger partial charge in [0.05, 0.1) is 0 Å². The Morgan fingerprint density at radius 2 is 1.93 bits per heavy atom. The molecule has 0 aliphatic carbocycles. The molecular formula is C21H27N3O3. The van der Waals surface area contributed by atoms with Gasteiger partial charge in [-0.15, -0.1) is 0 Å².